The minimum Gasteiger partial charge on any atom is -0.756 e. The molecule has 8 bridgehead atoms. The smallest absolute Gasteiger partial charge is 0.322 e. The van der Waals surface area contributed by atoms with Crippen LogP contribution in [-0.4, -0.2) is 186 Å². The van der Waals surface area contributed by atoms with Crippen LogP contribution in [0.4, 0.5) is 0 Å². The molecule has 9 amide bonds. The maximum absolute atomic E-state index is 14.4. The van der Waals surface area contributed by atoms with Crippen LogP contribution in [0.5, 0.6) is 0 Å². The molecule has 615 valence electrons. The zero-order valence-electron chi connectivity index (χ0n) is 64.0. The number of aliphatic hydroxyl groups is 2. The summed E-state index contributed by atoms with van der Waals surface area (Å²) in [7, 11) is -5.32. The number of aromatic nitrogens is 2. The molecule has 6 aliphatic heterocycles. The van der Waals surface area contributed by atoms with E-state index in [9.17, 15) is 72.4 Å². The number of phosphoric ester groups is 1. The number of nitrogens with zero attached hydrogens (tertiary/aromatic N) is 6. The van der Waals surface area contributed by atoms with Crippen molar-refractivity contribution in [3.8, 4) is 0 Å². The van der Waals surface area contributed by atoms with Crippen LogP contribution < -0.4 is 61.0 Å². The molecule has 2 fully saturated rings. The van der Waals surface area contributed by atoms with Gasteiger partial charge < -0.3 is 105 Å². The van der Waals surface area contributed by atoms with E-state index in [0.717, 1.165) is 11.1 Å². The number of carboxylic acid groups (broad SMARTS) is 2. The molecule has 21 N–H and O–H groups in total. The molecule has 1 aromatic heterocycles. The third-order valence-electron chi connectivity index (χ3n) is 22.7. The van der Waals surface area contributed by atoms with Crippen molar-refractivity contribution in [2.24, 2.45) is 100 Å². The van der Waals surface area contributed by atoms with Gasteiger partial charge in [-0.1, -0.05) is 40.7 Å². The van der Waals surface area contributed by atoms with Gasteiger partial charge in [0.05, 0.1) is 41.3 Å². The number of aliphatic imine (C=N–C) groups is 3. The molecular formula is C72H105CoN16O20PS-2. The summed E-state index contributed by atoms with van der Waals surface area (Å²) in [6.07, 6.45) is -5.02. The monoisotopic (exact) mass is 1640 g/mol. The topological polar surface area (TPSA) is 624 Å². The van der Waals surface area contributed by atoms with Crippen molar-refractivity contribution < 1.29 is 113 Å². The summed E-state index contributed by atoms with van der Waals surface area (Å²) in [6, 6.07) is 0.504. The van der Waals surface area contributed by atoms with E-state index in [2.05, 4.69) is 33.6 Å². The molecular weight excluding hydrogens is 1530 g/mol. The van der Waals surface area contributed by atoms with E-state index in [0.29, 0.717) is 56.4 Å². The number of carbonyl (C=O) groups excluding carboxylic acids is 9. The van der Waals surface area contributed by atoms with Crippen LogP contribution in [0.15, 0.2) is 67.8 Å². The van der Waals surface area contributed by atoms with Crippen LogP contribution in [0.3, 0.4) is 0 Å². The quantitative estimate of drug-likeness (QED) is 0.0339. The minimum absolute atomic E-state index is 0. The van der Waals surface area contributed by atoms with E-state index < -0.39 is 186 Å². The van der Waals surface area contributed by atoms with Gasteiger partial charge in [0.1, 0.15) is 36.9 Å². The molecule has 1 radical (unpaired) electrons. The number of fused-ring (bicyclic) bond motifs is 7. The van der Waals surface area contributed by atoms with Gasteiger partial charge in [-0.15, -0.1) is 0 Å². The van der Waals surface area contributed by atoms with Crippen molar-refractivity contribution in [3.05, 3.63) is 69.2 Å². The normalized spacial score (nSPS) is 30.1. The Kier molecular flexibility index (Phi) is 30.3. The van der Waals surface area contributed by atoms with Gasteiger partial charge in [-0.3, -0.25) is 72.3 Å². The summed E-state index contributed by atoms with van der Waals surface area (Å²) in [5, 5.41) is 51.5. The molecule has 0 spiro atoms. The van der Waals surface area contributed by atoms with Crippen molar-refractivity contribution in [1.29, 1.82) is 0 Å². The summed E-state index contributed by atoms with van der Waals surface area (Å²) >= 11 is 3.87. The molecule has 0 aliphatic carbocycles. The molecule has 7 heterocycles. The number of aryl methyl sites for hydroxylation is 2. The third-order valence-corrected chi connectivity index (χ3v) is 24.2. The van der Waals surface area contributed by atoms with Gasteiger partial charge in [-0.05, 0) is 125 Å². The Morgan fingerprint density at radius 1 is 0.766 bits per heavy atom. The summed E-state index contributed by atoms with van der Waals surface area (Å²) in [6.45, 7) is 18.4. The number of allylic oxidation sites excluding steroid dienone is 6. The fraction of sp³-hybridized carbons (Fsp3) is 0.625. The fourth-order valence-electron chi connectivity index (χ4n) is 16.5. The number of primary amides is 6. The maximum atomic E-state index is 14.4. The minimum atomic E-state index is -5.32. The van der Waals surface area contributed by atoms with Gasteiger partial charge >= 0.3 is 11.9 Å². The number of ether oxygens (including phenoxy) is 1. The molecule has 2 aromatic rings. The number of thiol groups is 1. The molecule has 0 saturated carbocycles. The van der Waals surface area contributed by atoms with Crippen molar-refractivity contribution in [2.75, 3.05) is 25.4 Å². The van der Waals surface area contributed by atoms with Gasteiger partial charge in [0, 0.05) is 137 Å². The number of nitrogens with one attached hydrogen (secondary N) is 3. The largest absolute Gasteiger partial charge is 0.756 e. The van der Waals surface area contributed by atoms with Gasteiger partial charge in [-0.25, -0.2) is 4.98 Å². The van der Waals surface area contributed by atoms with E-state index in [4.69, 9.17) is 84.4 Å². The summed E-state index contributed by atoms with van der Waals surface area (Å²) in [4.78, 5) is 172. The average molecular weight is 1640 g/mol. The molecule has 6 aliphatic rings. The standard InChI is InChI=1S/C62H90N13O14P.C10H17N3O6S.Co/c1-29-20-39-40(21-30(29)2)75(28-70-39)57-52(84)53(41(27-76)87-57)89-90(85,86)88-31(3)26-69-49(83)18-19-59(8)37(22-46(66)80)56-62(11)61(10,25-48(68)82)36(14-17-45(65)79)51(74-62)33(5)55-60(9,24-47(67)81)34(12-15-43(63)77)38(71-55)23-42-58(6,7)35(13-16-44(64)78)50(72-42)32(4)54(59)73-56;11-5(10(18)19)1-2-7(14)13-6(4-20)9(17)12-3-8(15)16;/h20-21,23,28,31,34-37,41,52-53,56-57,76,84H,12-19,22,24-27H2,1-11H3,(H15,63,64,65,66,67,68,69,71,72,73,74,77,78,79,80,81,82,83,85,86);5-6,20H,1-4,11H2,(H,12,17)(H,13,14)(H,15,16)(H,18,19);/p-2/t31-,34+,35+,36+,37-,41+,52+,53+,56+,57-,59+,60-,61-,62-;5-,6-;/m00./s1. The first kappa shape index (κ1) is 91.6. The number of aliphatic carboxylic acids is 2. The molecule has 8 rings (SSSR count). The van der Waals surface area contributed by atoms with Gasteiger partial charge in [-0.2, -0.15) is 18.3 Å². The number of hydrogen-bond acceptors (Lipinski definition) is 24. The number of carboxylic acids is 2. The number of benzene rings is 1. The number of nitrogens with two attached hydrogens (primary N) is 7. The SMILES string of the molecule is C/C1=C2/[N-][C@H]([C@H](CC(N)=O)[C@@]2(C)CCC(=O)NC[C@H](C)OP(=O)([O-])O[C@H]2[C@@H](O)[C@@H](n3cnc4cc(C)c(C)cc43)O[C@@H]2CO)[C@]2(C)N=C(/C(C)=C3N=C(/C=C4N=C1[C@@H](CCC(N)=O)C\4(C)C)[C@@H](CCC(N)=O)[C@]\3(C)CC(N)=O)[C@@H](CCC(N)=O)[C@]2(C)CC(N)=O.N[C@@H](CCC(=O)N[C@@H](CS)C(=O)NCC(=O)O)C(=O)O.[Co]. The third kappa shape index (κ3) is 20.4. The van der Waals surface area contributed by atoms with E-state index in [-0.39, 0.29) is 113 Å². The first-order chi connectivity index (χ1) is 51.1. The van der Waals surface area contributed by atoms with Crippen LogP contribution in [0.1, 0.15) is 163 Å². The number of rotatable bonds is 35. The molecule has 111 heavy (non-hydrogen) atoms. The Labute approximate surface area is 658 Å². The zero-order chi connectivity index (χ0) is 82.4. The number of hydrogen-bond donors (Lipinski definition) is 15. The second-order valence-corrected chi connectivity index (χ2v) is 32.6. The average Bonchev–Trinajstić information content (AvgIpc) is 1.50. The van der Waals surface area contributed by atoms with Gasteiger partial charge in [0.25, 0.3) is 7.82 Å². The predicted octanol–water partition coefficient (Wildman–Crippen LogP) is 1.11. The molecule has 17 atom stereocenters. The molecule has 39 heteroatoms. The predicted molar refractivity (Wildman–Crippen MR) is 403 cm³/mol. The van der Waals surface area contributed by atoms with Crippen LogP contribution in [0.25, 0.3) is 16.4 Å². The molecule has 2 saturated heterocycles. The maximum Gasteiger partial charge on any atom is 0.322 e. The zero-order valence-corrected chi connectivity index (χ0v) is 66.9. The number of imidazole rings is 1. The van der Waals surface area contributed by atoms with E-state index in [1.807, 2.05) is 80.5 Å². The number of phosphoric acid groups is 1. The second kappa shape index (κ2) is 36.7. The first-order valence-corrected chi connectivity index (χ1v) is 38.2. The Morgan fingerprint density at radius 2 is 1.36 bits per heavy atom. The first-order valence-electron chi connectivity index (χ1n) is 36.2. The Bertz CT molecular complexity index is 4240. The second-order valence-electron chi connectivity index (χ2n) is 30.9. The van der Waals surface area contributed by atoms with Crippen molar-refractivity contribution in [1.82, 2.24) is 25.5 Å². The van der Waals surface area contributed by atoms with Crippen molar-refractivity contribution in [3.63, 3.8) is 0 Å². The van der Waals surface area contributed by atoms with E-state index in [1.165, 1.54) is 17.8 Å². The number of aliphatic hydroxyl groups excluding tert-OH is 2. The fourth-order valence-corrected chi connectivity index (χ4v) is 17.9. The Morgan fingerprint density at radius 3 is 1.92 bits per heavy atom. The molecule has 36 nitrogen and oxygen atoms in total. The summed E-state index contributed by atoms with van der Waals surface area (Å²) < 4.78 is 31.9. The number of amides is 9. The van der Waals surface area contributed by atoms with Crippen LogP contribution in [-0.2, 0) is 87.9 Å². The van der Waals surface area contributed by atoms with E-state index >= 15 is 0 Å². The van der Waals surface area contributed by atoms with Crippen molar-refractivity contribution >= 4 is 114 Å². The Hall–Kier alpha value is -8.30. The molecule has 1 aromatic carbocycles. The van der Waals surface area contributed by atoms with Crippen LogP contribution in [0, 0.1) is 59.2 Å². The number of carbonyl (C=O) groups is 11. The summed E-state index contributed by atoms with van der Waals surface area (Å²) in [5.74, 6) is -11.1. The van der Waals surface area contributed by atoms with Crippen molar-refractivity contribution in [2.45, 2.75) is 214 Å². The van der Waals surface area contributed by atoms with Gasteiger partial charge in [0.2, 0.25) is 53.2 Å². The molecule has 1 unspecified atom stereocenters. The van der Waals surface area contributed by atoms with Crippen LogP contribution in [0.2, 0.25) is 0 Å². The summed E-state index contributed by atoms with van der Waals surface area (Å²) in [5.41, 5.74) is 41.9. The van der Waals surface area contributed by atoms with Crippen LogP contribution >= 0.6 is 20.5 Å². The van der Waals surface area contributed by atoms with E-state index in [1.54, 1.807) is 6.92 Å². The Balaban J connectivity index is 0.000000800. The van der Waals surface area contributed by atoms with Gasteiger partial charge in [0.15, 0.2) is 6.23 Å².